The van der Waals surface area contributed by atoms with E-state index in [1.54, 1.807) is 0 Å². The number of guanidine groups is 1. The van der Waals surface area contributed by atoms with Crippen molar-refractivity contribution in [3.05, 3.63) is 0 Å². The van der Waals surface area contributed by atoms with Crippen molar-refractivity contribution < 1.29 is 4.79 Å². The summed E-state index contributed by atoms with van der Waals surface area (Å²) in [5, 5.41) is 6.57. The zero-order valence-corrected chi connectivity index (χ0v) is 15.6. The van der Waals surface area contributed by atoms with Crippen molar-refractivity contribution in [1.82, 2.24) is 20.4 Å². The maximum absolute atomic E-state index is 12.0. The van der Waals surface area contributed by atoms with Gasteiger partial charge in [-0.25, -0.2) is 0 Å². The van der Waals surface area contributed by atoms with Crippen LogP contribution in [0, 0.1) is 11.3 Å². The average Bonchev–Trinajstić information content (AvgIpc) is 3.46. The Balaban J connectivity index is 1.25. The van der Waals surface area contributed by atoms with E-state index in [4.69, 9.17) is 4.99 Å². The first-order valence-electron chi connectivity index (χ1n) is 10.2. The Morgan fingerprint density at radius 1 is 1.12 bits per heavy atom. The molecule has 0 unspecified atom stereocenters. The van der Waals surface area contributed by atoms with E-state index < -0.39 is 0 Å². The van der Waals surface area contributed by atoms with E-state index in [-0.39, 0.29) is 5.91 Å². The van der Waals surface area contributed by atoms with Crippen LogP contribution in [0.15, 0.2) is 4.99 Å². The van der Waals surface area contributed by atoms with Gasteiger partial charge in [0.1, 0.15) is 0 Å². The van der Waals surface area contributed by atoms with Crippen molar-refractivity contribution in [3.8, 4) is 0 Å². The summed E-state index contributed by atoms with van der Waals surface area (Å²) in [6.07, 6.45) is 7.92. The largest absolute Gasteiger partial charge is 0.357 e. The first-order chi connectivity index (χ1) is 12.2. The fraction of sp³-hybridized carbons (Fsp3) is 0.895. The standard InChI is InChI=1S/C19H33N5O/c1-2-20-18(21-14-19(7-8-19)15-3-4-15)24-11-9-23(10-12-24)13-17(25)22-16-5-6-16/h15-16H,2-14H2,1H3,(H,20,21)(H,22,25). The summed E-state index contributed by atoms with van der Waals surface area (Å²) >= 11 is 0. The van der Waals surface area contributed by atoms with E-state index in [1.165, 1.54) is 25.7 Å². The van der Waals surface area contributed by atoms with E-state index in [9.17, 15) is 4.79 Å². The molecule has 1 aliphatic heterocycles. The summed E-state index contributed by atoms with van der Waals surface area (Å²) in [6.45, 7) is 8.40. The second kappa shape index (κ2) is 7.14. The summed E-state index contributed by atoms with van der Waals surface area (Å²) < 4.78 is 0. The highest BCUT2D eigenvalue weighted by Gasteiger charge is 2.53. The highest BCUT2D eigenvalue weighted by molar-refractivity contribution is 5.80. The lowest BCUT2D eigenvalue weighted by Crippen LogP contribution is -2.54. The van der Waals surface area contributed by atoms with E-state index in [2.05, 4.69) is 27.4 Å². The molecule has 2 N–H and O–H groups in total. The maximum atomic E-state index is 12.0. The lowest BCUT2D eigenvalue weighted by Gasteiger charge is -2.36. The number of piperazine rings is 1. The SMILES string of the molecule is CCNC(=NCC1(C2CC2)CC1)N1CCN(CC(=O)NC2CC2)CC1. The molecule has 25 heavy (non-hydrogen) atoms. The Kier molecular flexibility index (Phi) is 4.89. The Morgan fingerprint density at radius 3 is 2.40 bits per heavy atom. The Hall–Kier alpha value is -1.30. The predicted octanol–water partition coefficient (Wildman–Crippen LogP) is 1.04. The molecular formula is C19H33N5O. The van der Waals surface area contributed by atoms with Crippen LogP contribution in [0.3, 0.4) is 0 Å². The van der Waals surface area contributed by atoms with Crippen molar-refractivity contribution in [2.24, 2.45) is 16.3 Å². The molecule has 0 bridgehead atoms. The van der Waals surface area contributed by atoms with Crippen LogP contribution in [0.5, 0.6) is 0 Å². The van der Waals surface area contributed by atoms with Crippen LogP contribution in [-0.2, 0) is 4.79 Å². The van der Waals surface area contributed by atoms with Crippen LogP contribution in [-0.4, -0.2) is 73.5 Å². The van der Waals surface area contributed by atoms with Gasteiger partial charge in [-0.05, 0) is 56.8 Å². The molecule has 3 aliphatic carbocycles. The molecule has 0 aromatic carbocycles. The number of nitrogens with zero attached hydrogens (tertiary/aromatic N) is 3. The lowest BCUT2D eigenvalue weighted by molar-refractivity contribution is -0.122. The molecule has 140 valence electrons. The van der Waals surface area contributed by atoms with Crippen LogP contribution in [0.2, 0.25) is 0 Å². The van der Waals surface area contributed by atoms with E-state index >= 15 is 0 Å². The number of hydrogen-bond donors (Lipinski definition) is 2. The van der Waals surface area contributed by atoms with Crippen molar-refractivity contribution in [2.45, 2.75) is 51.5 Å². The van der Waals surface area contributed by atoms with Crippen molar-refractivity contribution in [3.63, 3.8) is 0 Å². The summed E-state index contributed by atoms with van der Waals surface area (Å²) in [7, 11) is 0. The van der Waals surface area contributed by atoms with Crippen LogP contribution in [0.4, 0.5) is 0 Å². The quantitative estimate of drug-likeness (QED) is 0.534. The lowest BCUT2D eigenvalue weighted by atomic mass is 10.0. The molecule has 0 aromatic rings. The first-order valence-corrected chi connectivity index (χ1v) is 10.2. The zero-order chi connectivity index (χ0) is 17.3. The van der Waals surface area contributed by atoms with Gasteiger partial charge in [0, 0.05) is 45.3 Å². The van der Waals surface area contributed by atoms with Gasteiger partial charge in [0.05, 0.1) is 6.54 Å². The number of amides is 1. The molecule has 6 nitrogen and oxygen atoms in total. The Labute approximate surface area is 151 Å². The number of carbonyl (C=O) groups excluding carboxylic acids is 1. The third-order valence-corrected chi connectivity index (χ3v) is 6.20. The molecule has 0 spiro atoms. The van der Waals surface area contributed by atoms with Crippen LogP contribution in [0.1, 0.15) is 45.4 Å². The Bertz CT molecular complexity index is 514. The molecule has 1 saturated heterocycles. The average molecular weight is 348 g/mol. The number of carbonyl (C=O) groups is 1. The van der Waals surface area contributed by atoms with Gasteiger partial charge in [-0.3, -0.25) is 14.7 Å². The molecule has 0 radical (unpaired) electrons. The Morgan fingerprint density at radius 2 is 1.84 bits per heavy atom. The molecule has 1 amide bonds. The molecule has 0 atom stereocenters. The minimum atomic E-state index is 0.191. The molecule has 1 heterocycles. The molecule has 4 aliphatic rings. The third kappa shape index (κ3) is 4.46. The molecule has 0 aromatic heterocycles. The second-order valence-electron chi connectivity index (χ2n) is 8.41. The van der Waals surface area contributed by atoms with E-state index in [1.807, 2.05) is 0 Å². The highest BCUT2D eigenvalue weighted by Crippen LogP contribution is 2.61. The number of aliphatic imine (C=N–C) groups is 1. The fourth-order valence-corrected chi connectivity index (χ4v) is 4.03. The van der Waals surface area contributed by atoms with Crippen molar-refractivity contribution in [1.29, 1.82) is 0 Å². The zero-order valence-electron chi connectivity index (χ0n) is 15.6. The van der Waals surface area contributed by atoms with E-state index in [0.717, 1.165) is 64.0 Å². The van der Waals surface area contributed by atoms with Gasteiger partial charge in [0.15, 0.2) is 5.96 Å². The summed E-state index contributed by atoms with van der Waals surface area (Å²) in [5.41, 5.74) is 0.559. The second-order valence-corrected chi connectivity index (χ2v) is 8.41. The summed E-state index contributed by atoms with van der Waals surface area (Å²) in [5.74, 6) is 2.23. The van der Waals surface area contributed by atoms with Crippen LogP contribution in [0.25, 0.3) is 0 Å². The fourth-order valence-electron chi connectivity index (χ4n) is 4.03. The number of nitrogens with one attached hydrogen (secondary N) is 2. The molecule has 3 saturated carbocycles. The van der Waals surface area contributed by atoms with Crippen LogP contribution >= 0.6 is 0 Å². The molecule has 4 fully saturated rings. The smallest absolute Gasteiger partial charge is 0.234 e. The minimum Gasteiger partial charge on any atom is -0.357 e. The molecule has 4 rings (SSSR count). The van der Waals surface area contributed by atoms with Gasteiger partial charge in [0.25, 0.3) is 0 Å². The topological polar surface area (TPSA) is 60.0 Å². The number of rotatable bonds is 7. The molecular weight excluding hydrogens is 314 g/mol. The van der Waals surface area contributed by atoms with Gasteiger partial charge < -0.3 is 15.5 Å². The van der Waals surface area contributed by atoms with Crippen molar-refractivity contribution in [2.75, 3.05) is 45.8 Å². The molecule has 6 heteroatoms. The maximum Gasteiger partial charge on any atom is 0.234 e. The van der Waals surface area contributed by atoms with Gasteiger partial charge in [-0.1, -0.05) is 0 Å². The minimum absolute atomic E-state index is 0.191. The third-order valence-electron chi connectivity index (χ3n) is 6.20. The van der Waals surface area contributed by atoms with Gasteiger partial charge in [-0.2, -0.15) is 0 Å². The van der Waals surface area contributed by atoms with E-state index in [0.29, 0.717) is 18.0 Å². The summed E-state index contributed by atoms with van der Waals surface area (Å²) in [4.78, 5) is 21.6. The van der Waals surface area contributed by atoms with Gasteiger partial charge >= 0.3 is 0 Å². The highest BCUT2D eigenvalue weighted by atomic mass is 16.2. The van der Waals surface area contributed by atoms with Gasteiger partial charge in [-0.15, -0.1) is 0 Å². The number of hydrogen-bond acceptors (Lipinski definition) is 3. The monoisotopic (exact) mass is 347 g/mol. The van der Waals surface area contributed by atoms with Crippen LogP contribution < -0.4 is 10.6 Å². The predicted molar refractivity (Wildman–Crippen MR) is 99.5 cm³/mol. The normalized spacial score (nSPS) is 26.4. The van der Waals surface area contributed by atoms with Gasteiger partial charge in [0.2, 0.25) is 5.91 Å². The summed E-state index contributed by atoms with van der Waals surface area (Å²) in [6, 6.07) is 0.461. The van der Waals surface area contributed by atoms with Crippen molar-refractivity contribution >= 4 is 11.9 Å². The first kappa shape index (κ1) is 17.1.